The molecule has 9 nitrogen and oxygen atoms in total. The lowest BCUT2D eigenvalue weighted by molar-refractivity contribution is 0.0398. The Morgan fingerprint density at radius 2 is 1.61 bits per heavy atom. The number of aromatic nitrogens is 3. The van der Waals surface area contributed by atoms with E-state index in [9.17, 15) is 0 Å². The summed E-state index contributed by atoms with van der Waals surface area (Å²) in [5.74, 6) is 2.77. The van der Waals surface area contributed by atoms with Gasteiger partial charge in [-0.3, -0.25) is 4.90 Å². The highest BCUT2D eigenvalue weighted by atomic mass is 16.5. The van der Waals surface area contributed by atoms with Crippen LogP contribution < -0.4 is 20.3 Å². The molecule has 0 unspecified atom stereocenters. The molecular formula is C22H35N7O2. The number of ether oxygens (including phenoxy) is 2. The molecule has 31 heavy (non-hydrogen) atoms. The first kappa shape index (κ1) is 23.0. The molecule has 2 heterocycles. The molecule has 0 atom stereocenters. The van der Waals surface area contributed by atoms with Crippen LogP contribution in [0.3, 0.4) is 0 Å². The number of rotatable bonds is 12. The summed E-state index contributed by atoms with van der Waals surface area (Å²) in [6.07, 6.45) is 0.871. The fourth-order valence-electron chi connectivity index (χ4n) is 3.43. The van der Waals surface area contributed by atoms with Crippen LogP contribution >= 0.6 is 0 Å². The summed E-state index contributed by atoms with van der Waals surface area (Å²) in [6, 6.07) is 8.11. The molecule has 2 aromatic rings. The fraction of sp³-hybridized carbons (Fsp3) is 0.591. The molecule has 0 spiro atoms. The van der Waals surface area contributed by atoms with Gasteiger partial charge in [0.1, 0.15) is 5.75 Å². The highest BCUT2D eigenvalue weighted by Gasteiger charge is 2.13. The van der Waals surface area contributed by atoms with Gasteiger partial charge in [-0.15, -0.1) is 0 Å². The zero-order valence-electron chi connectivity index (χ0n) is 18.9. The first-order valence-electron chi connectivity index (χ1n) is 11.1. The van der Waals surface area contributed by atoms with E-state index in [0.717, 1.165) is 71.2 Å². The summed E-state index contributed by atoms with van der Waals surface area (Å²) < 4.78 is 10.6. The summed E-state index contributed by atoms with van der Waals surface area (Å²) in [4.78, 5) is 18.4. The molecule has 3 rings (SSSR count). The lowest BCUT2D eigenvalue weighted by Crippen LogP contribution is -2.39. The molecule has 0 aliphatic carbocycles. The minimum absolute atomic E-state index is 0.597. The maximum atomic E-state index is 5.41. The van der Waals surface area contributed by atoms with Crippen LogP contribution in [0.1, 0.15) is 19.4 Å². The smallest absolute Gasteiger partial charge is 0.231 e. The second kappa shape index (κ2) is 12.3. The Balaban J connectivity index is 1.59. The van der Waals surface area contributed by atoms with Crippen LogP contribution in [-0.4, -0.2) is 86.0 Å². The van der Waals surface area contributed by atoms with Gasteiger partial charge < -0.3 is 25.0 Å². The fourth-order valence-corrected chi connectivity index (χ4v) is 3.43. The van der Waals surface area contributed by atoms with E-state index in [4.69, 9.17) is 9.47 Å². The van der Waals surface area contributed by atoms with Crippen molar-refractivity contribution in [3.8, 4) is 5.75 Å². The third-order valence-electron chi connectivity index (χ3n) is 5.34. The molecule has 1 aliphatic rings. The number of anilines is 3. The number of nitrogens with zero attached hydrogens (tertiary/aromatic N) is 5. The topological polar surface area (TPSA) is 87.7 Å². The lowest BCUT2D eigenvalue weighted by atomic mass is 10.1. The van der Waals surface area contributed by atoms with Crippen LogP contribution in [0.25, 0.3) is 0 Å². The zero-order valence-corrected chi connectivity index (χ0v) is 18.9. The van der Waals surface area contributed by atoms with E-state index >= 15 is 0 Å². The summed E-state index contributed by atoms with van der Waals surface area (Å²) >= 11 is 0. The number of morpholine rings is 1. The van der Waals surface area contributed by atoms with E-state index in [1.54, 1.807) is 7.11 Å². The normalized spacial score (nSPS) is 14.3. The zero-order chi connectivity index (χ0) is 21.9. The largest absolute Gasteiger partial charge is 0.497 e. The van der Waals surface area contributed by atoms with Crippen molar-refractivity contribution in [3.63, 3.8) is 0 Å². The van der Waals surface area contributed by atoms with E-state index in [2.05, 4.69) is 61.4 Å². The van der Waals surface area contributed by atoms with Gasteiger partial charge in [-0.05, 0) is 38.0 Å². The summed E-state index contributed by atoms with van der Waals surface area (Å²) in [5, 5.41) is 6.73. The molecule has 2 N–H and O–H groups in total. The molecule has 0 amide bonds. The molecule has 1 aromatic heterocycles. The molecule has 170 valence electrons. The van der Waals surface area contributed by atoms with Gasteiger partial charge in [0.15, 0.2) is 0 Å². The van der Waals surface area contributed by atoms with Crippen LogP contribution in [-0.2, 0) is 11.2 Å². The third-order valence-corrected chi connectivity index (χ3v) is 5.34. The van der Waals surface area contributed by atoms with Crippen LogP contribution in [0.5, 0.6) is 5.75 Å². The van der Waals surface area contributed by atoms with Gasteiger partial charge in [-0.25, -0.2) is 0 Å². The number of nitrogens with one attached hydrogen (secondary N) is 2. The van der Waals surface area contributed by atoms with Gasteiger partial charge in [0.05, 0.1) is 20.3 Å². The molecular weight excluding hydrogens is 394 g/mol. The van der Waals surface area contributed by atoms with Gasteiger partial charge in [0.2, 0.25) is 17.8 Å². The quantitative estimate of drug-likeness (QED) is 0.527. The Bertz CT molecular complexity index is 778. The summed E-state index contributed by atoms with van der Waals surface area (Å²) in [5.41, 5.74) is 1.23. The first-order valence-corrected chi connectivity index (χ1v) is 11.1. The second-order valence-electron chi connectivity index (χ2n) is 7.36. The maximum absolute atomic E-state index is 5.41. The highest BCUT2D eigenvalue weighted by Crippen LogP contribution is 2.15. The van der Waals surface area contributed by atoms with E-state index < -0.39 is 0 Å². The minimum Gasteiger partial charge on any atom is -0.497 e. The van der Waals surface area contributed by atoms with Crippen molar-refractivity contribution in [2.75, 3.05) is 81.7 Å². The molecule has 1 fully saturated rings. The SMILES string of the molecule is CCN(CC)c1nc(NCCc2ccc(OC)cc2)nc(NCCN2CCOCC2)n1. The van der Waals surface area contributed by atoms with Crippen molar-refractivity contribution in [1.29, 1.82) is 0 Å². The standard InChI is InChI=1S/C22H35N7O2/c1-4-29(5-2)22-26-20(23-11-10-18-6-8-19(30-3)9-7-18)25-21(27-22)24-12-13-28-14-16-31-17-15-28/h6-9H,4-5,10-17H2,1-3H3,(H2,23,24,25,26,27). The summed E-state index contributed by atoms with van der Waals surface area (Å²) in [6.45, 7) is 11.9. The van der Waals surface area contributed by atoms with Crippen LogP contribution in [0, 0.1) is 0 Å². The maximum Gasteiger partial charge on any atom is 0.231 e. The minimum atomic E-state index is 0.597. The Morgan fingerprint density at radius 3 is 2.23 bits per heavy atom. The van der Waals surface area contributed by atoms with E-state index in [1.807, 2.05) is 12.1 Å². The Labute approximate surface area is 185 Å². The van der Waals surface area contributed by atoms with Crippen LogP contribution in [0.2, 0.25) is 0 Å². The third kappa shape index (κ3) is 7.22. The van der Waals surface area contributed by atoms with Gasteiger partial charge >= 0.3 is 0 Å². The lowest BCUT2D eigenvalue weighted by Gasteiger charge is -2.26. The average Bonchev–Trinajstić information content (AvgIpc) is 2.81. The van der Waals surface area contributed by atoms with Gasteiger partial charge in [0, 0.05) is 45.8 Å². The van der Waals surface area contributed by atoms with Crippen LogP contribution in [0.15, 0.2) is 24.3 Å². The molecule has 1 aliphatic heterocycles. The number of benzene rings is 1. The molecule has 0 bridgehead atoms. The molecule has 0 radical (unpaired) electrons. The molecule has 1 saturated heterocycles. The van der Waals surface area contributed by atoms with Gasteiger partial charge in [-0.2, -0.15) is 15.0 Å². The van der Waals surface area contributed by atoms with Crippen molar-refractivity contribution in [3.05, 3.63) is 29.8 Å². The monoisotopic (exact) mass is 429 g/mol. The van der Waals surface area contributed by atoms with Gasteiger partial charge in [-0.1, -0.05) is 12.1 Å². The Morgan fingerprint density at radius 1 is 0.968 bits per heavy atom. The van der Waals surface area contributed by atoms with E-state index in [1.165, 1.54) is 5.56 Å². The number of methoxy groups -OCH3 is 1. The predicted molar refractivity (Wildman–Crippen MR) is 124 cm³/mol. The van der Waals surface area contributed by atoms with E-state index in [0.29, 0.717) is 17.8 Å². The van der Waals surface area contributed by atoms with E-state index in [-0.39, 0.29) is 0 Å². The van der Waals surface area contributed by atoms with Crippen molar-refractivity contribution < 1.29 is 9.47 Å². The molecule has 1 aromatic carbocycles. The Kier molecular flexibility index (Phi) is 9.11. The van der Waals surface area contributed by atoms with Crippen molar-refractivity contribution in [2.24, 2.45) is 0 Å². The molecule has 0 saturated carbocycles. The van der Waals surface area contributed by atoms with Crippen LogP contribution in [0.4, 0.5) is 17.8 Å². The van der Waals surface area contributed by atoms with Crippen molar-refractivity contribution in [2.45, 2.75) is 20.3 Å². The molecule has 9 heteroatoms. The summed E-state index contributed by atoms with van der Waals surface area (Å²) in [7, 11) is 1.68. The number of hydrogen-bond donors (Lipinski definition) is 2. The first-order chi connectivity index (χ1) is 15.2. The Hall–Kier alpha value is -2.65. The highest BCUT2D eigenvalue weighted by molar-refractivity contribution is 5.44. The van der Waals surface area contributed by atoms with Crippen molar-refractivity contribution >= 4 is 17.8 Å². The second-order valence-corrected chi connectivity index (χ2v) is 7.36. The van der Waals surface area contributed by atoms with Gasteiger partial charge in [0.25, 0.3) is 0 Å². The average molecular weight is 430 g/mol. The number of hydrogen-bond acceptors (Lipinski definition) is 9. The van der Waals surface area contributed by atoms with Crippen molar-refractivity contribution in [1.82, 2.24) is 19.9 Å². The predicted octanol–water partition coefficient (Wildman–Crippen LogP) is 2.13.